The molecular weight excluding hydrogens is 167 g/mol. The molecule has 0 amide bonds. The van der Waals surface area contributed by atoms with Crippen LogP contribution in [0.1, 0.15) is 6.92 Å². The summed E-state index contributed by atoms with van der Waals surface area (Å²) in [5, 5.41) is -0.361. The van der Waals surface area contributed by atoms with Gasteiger partial charge in [-0.2, -0.15) is 0 Å². The van der Waals surface area contributed by atoms with Crippen LogP contribution in [0, 0.1) is 5.82 Å². The van der Waals surface area contributed by atoms with Crippen molar-refractivity contribution < 1.29 is 9.18 Å². The molecular formula is C8H8ClFO. The van der Waals surface area contributed by atoms with Crippen molar-refractivity contribution in [2.75, 3.05) is 0 Å². The number of carbonyl (C=O) groups excluding carboxylic acids is 1. The number of hydrogen-bond acceptors (Lipinski definition) is 1. The Kier molecular flexibility index (Phi) is 5.39. The zero-order valence-electron chi connectivity index (χ0n) is 6.05. The normalized spacial score (nSPS) is 7.91. The molecule has 1 aromatic rings. The minimum atomic E-state index is -0.361. The lowest BCUT2D eigenvalue weighted by Gasteiger charge is -1.78. The fourth-order valence-corrected chi connectivity index (χ4v) is 0.415. The number of halogens is 2. The topological polar surface area (TPSA) is 17.1 Å². The number of rotatable bonds is 0. The smallest absolute Gasteiger partial charge is 0.218 e. The second kappa shape index (κ2) is 5.86. The second-order valence-corrected chi connectivity index (χ2v) is 2.30. The molecule has 0 saturated heterocycles. The third-order valence-corrected chi connectivity index (χ3v) is 0.733. The van der Waals surface area contributed by atoms with E-state index in [2.05, 4.69) is 11.6 Å². The zero-order chi connectivity index (χ0) is 8.69. The van der Waals surface area contributed by atoms with Gasteiger partial charge in [-0.15, -0.1) is 0 Å². The quantitative estimate of drug-likeness (QED) is 0.553. The van der Waals surface area contributed by atoms with Crippen molar-refractivity contribution in [1.29, 1.82) is 0 Å². The largest absolute Gasteiger partial charge is 0.282 e. The molecule has 0 N–H and O–H groups in total. The van der Waals surface area contributed by atoms with Crippen molar-refractivity contribution in [1.82, 2.24) is 0 Å². The summed E-state index contributed by atoms with van der Waals surface area (Å²) in [6.45, 7) is 1.29. The minimum absolute atomic E-state index is 0.178. The van der Waals surface area contributed by atoms with Crippen molar-refractivity contribution in [3.8, 4) is 0 Å². The number of carbonyl (C=O) groups is 1. The van der Waals surface area contributed by atoms with Gasteiger partial charge in [0.05, 0.1) is 0 Å². The monoisotopic (exact) mass is 174 g/mol. The Bertz CT molecular complexity index is 207. The van der Waals surface area contributed by atoms with Crippen LogP contribution in [0.25, 0.3) is 0 Å². The van der Waals surface area contributed by atoms with E-state index >= 15 is 0 Å². The highest BCUT2D eigenvalue weighted by Gasteiger charge is 1.77. The molecule has 0 atom stereocenters. The van der Waals surface area contributed by atoms with E-state index in [1.165, 1.54) is 19.1 Å². The summed E-state index contributed by atoms with van der Waals surface area (Å²) in [6.07, 6.45) is 0. The molecule has 0 aliphatic carbocycles. The van der Waals surface area contributed by atoms with Gasteiger partial charge < -0.3 is 0 Å². The molecule has 3 heteroatoms. The van der Waals surface area contributed by atoms with Gasteiger partial charge in [0.1, 0.15) is 5.82 Å². The Morgan fingerprint density at radius 3 is 1.91 bits per heavy atom. The molecule has 0 radical (unpaired) electrons. The van der Waals surface area contributed by atoms with Crippen molar-refractivity contribution in [2.24, 2.45) is 0 Å². The van der Waals surface area contributed by atoms with Crippen LogP contribution in [0.3, 0.4) is 0 Å². The molecule has 0 fully saturated rings. The van der Waals surface area contributed by atoms with Gasteiger partial charge in [-0.25, -0.2) is 4.39 Å². The van der Waals surface area contributed by atoms with Gasteiger partial charge >= 0.3 is 0 Å². The summed E-state index contributed by atoms with van der Waals surface area (Å²) >= 11 is 4.64. The molecule has 0 saturated carbocycles. The van der Waals surface area contributed by atoms with Crippen molar-refractivity contribution in [3.05, 3.63) is 36.1 Å². The van der Waals surface area contributed by atoms with Crippen LogP contribution in [-0.4, -0.2) is 5.24 Å². The molecule has 1 nitrogen and oxygen atoms in total. The summed E-state index contributed by atoms with van der Waals surface area (Å²) in [6, 6.07) is 7.94. The van der Waals surface area contributed by atoms with Crippen molar-refractivity contribution >= 4 is 16.8 Å². The molecule has 0 aliphatic heterocycles. The summed E-state index contributed by atoms with van der Waals surface area (Å²) in [5.74, 6) is -0.178. The van der Waals surface area contributed by atoms with Crippen LogP contribution in [0.2, 0.25) is 0 Å². The molecule has 0 bridgehead atoms. The molecule has 0 aromatic heterocycles. The lowest BCUT2D eigenvalue weighted by Crippen LogP contribution is -1.63. The molecule has 1 rings (SSSR count). The lowest BCUT2D eigenvalue weighted by molar-refractivity contribution is -0.109. The Hall–Kier alpha value is -0.890. The van der Waals surface area contributed by atoms with Crippen LogP contribution in [0.5, 0.6) is 0 Å². The molecule has 0 heterocycles. The van der Waals surface area contributed by atoms with Crippen LogP contribution in [-0.2, 0) is 4.79 Å². The summed E-state index contributed by atoms with van der Waals surface area (Å²) in [7, 11) is 0. The van der Waals surface area contributed by atoms with E-state index in [0.717, 1.165) is 0 Å². The van der Waals surface area contributed by atoms with Crippen molar-refractivity contribution in [3.63, 3.8) is 0 Å². The Morgan fingerprint density at radius 2 is 1.73 bits per heavy atom. The van der Waals surface area contributed by atoms with E-state index < -0.39 is 0 Å². The van der Waals surface area contributed by atoms with E-state index in [-0.39, 0.29) is 11.1 Å². The maximum absolute atomic E-state index is 11.9. The first kappa shape index (κ1) is 10.1. The Morgan fingerprint density at radius 1 is 1.36 bits per heavy atom. The number of benzene rings is 1. The molecule has 0 spiro atoms. The lowest BCUT2D eigenvalue weighted by atomic mass is 10.4. The third-order valence-electron chi connectivity index (χ3n) is 0.733. The molecule has 60 valence electrons. The number of hydrogen-bond donors (Lipinski definition) is 0. The summed E-state index contributed by atoms with van der Waals surface area (Å²) in [5.41, 5.74) is 0. The average molecular weight is 175 g/mol. The van der Waals surface area contributed by atoms with Gasteiger partial charge in [0.15, 0.2) is 0 Å². The van der Waals surface area contributed by atoms with Crippen LogP contribution in [0.15, 0.2) is 30.3 Å². The molecule has 0 aliphatic rings. The standard InChI is InChI=1S/C6H5F.C2H3ClO/c7-6-4-2-1-3-5-6;1-2(3)4/h1-5H;1H3. The maximum atomic E-state index is 11.9. The highest BCUT2D eigenvalue weighted by Crippen LogP contribution is 1.91. The second-order valence-electron chi connectivity index (χ2n) is 1.77. The minimum Gasteiger partial charge on any atom is -0.282 e. The van der Waals surface area contributed by atoms with Gasteiger partial charge in [-0.1, -0.05) is 18.2 Å². The summed E-state index contributed by atoms with van der Waals surface area (Å²) in [4.78, 5) is 9.21. The van der Waals surface area contributed by atoms with Gasteiger partial charge in [0.2, 0.25) is 5.24 Å². The third kappa shape index (κ3) is 9.11. The first-order valence-corrected chi connectivity index (χ1v) is 3.37. The van der Waals surface area contributed by atoms with Gasteiger partial charge in [0.25, 0.3) is 0 Å². The Labute approximate surface area is 69.8 Å². The fraction of sp³-hybridized carbons (Fsp3) is 0.125. The van der Waals surface area contributed by atoms with Crippen LogP contribution >= 0.6 is 11.6 Å². The predicted molar refractivity (Wildman–Crippen MR) is 42.9 cm³/mol. The first-order valence-electron chi connectivity index (χ1n) is 2.99. The highest BCUT2D eigenvalue weighted by atomic mass is 35.5. The van der Waals surface area contributed by atoms with Crippen LogP contribution < -0.4 is 0 Å². The summed E-state index contributed by atoms with van der Waals surface area (Å²) < 4.78 is 11.9. The van der Waals surface area contributed by atoms with E-state index in [9.17, 15) is 9.18 Å². The molecule has 1 aromatic carbocycles. The zero-order valence-corrected chi connectivity index (χ0v) is 6.81. The maximum Gasteiger partial charge on any atom is 0.218 e. The molecule has 11 heavy (non-hydrogen) atoms. The van der Waals surface area contributed by atoms with Gasteiger partial charge in [-0.05, 0) is 23.7 Å². The van der Waals surface area contributed by atoms with E-state index in [1.54, 1.807) is 18.2 Å². The predicted octanol–water partition coefficient (Wildman–Crippen LogP) is 2.60. The van der Waals surface area contributed by atoms with E-state index in [0.29, 0.717) is 0 Å². The van der Waals surface area contributed by atoms with Crippen LogP contribution in [0.4, 0.5) is 4.39 Å². The average Bonchev–Trinajstić information content (AvgIpc) is 1.87. The van der Waals surface area contributed by atoms with Gasteiger partial charge in [0, 0.05) is 6.92 Å². The highest BCUT2D eigenvalue weighted by molar-refractivity contribution is 6.62. The SMILES string of the molecule is CC(=O)Cl.Fc1ccccc1. The fourth-order valence-electron chi connectivity index (χ4n) is 0.415. The van der Waals surface area contributed by atoms with E-state index in [1.807, 2.05) is 0 Å². The van der Waals surface area contributed by atoms with E-state index in [4.69, 9.17) is 0 Å². The van der Waals surface area contributed by atoms with Crippen molar-refractivity contribution in [2.45, 2.75) is 6.92 Å². The Balaban J connectivity index is 0.000000218. The van der Waals surface area contributed by atoms with Gasteiger partial charge in [-0.3, -0.25) is 4.79 Å². The first-order chi connectivity index (χ1) is 5.13. The molecule has 0 unspecified atom stereocenters.